The summed E-state index contributed by atoms with van der Waals surface area (Å²) in [5, 5.41) is 0.832. The van der Waals surface area contributed by atoms with E-state index >= 15 is 0 Å². The van der Waals surface area contributed by atoms with Gasteiger partial charge in [-0.15, -0.1) is 0 Å². The van der Waals surface area contributed by atoms with E-state index < -0.39 is 0 Å². The third-order valence-corrected chi connectivity index (χ3v) is 3.66. The van der Waals surface area contributed by atoms with Crippen molar-refractivity contribution in [2.45, 2.75) is 19.2 Å². The minimum atomic E-state index is 0.659. The number of halogens is 1. The number of hydrogen-bond donors (Lipinski definition) is 0. The molecule has 0 unspecified atom stereocenters. The maximum Gasteiger partial charge on any atom is 0.161 e. The third-order valence-electron chi connectivity index (χ3n) is 2.15. The Morgan fingerprint density at radius 3 is 2.65 bits per heavy atom. The molecule has 0 aliphatic carbocycles. The van der Waals surface area contributed by atoms with E-state index in [0.29, 0.717) is 6.61 Å². The highest BCUT2D eigenvalue weighted by atomic mass is 79.9. The molecule has 0 N–H and O–H groups in total. The fourth-order valence-corrected chi connectivity index (χ4v) is 2.22. The summed E-state index contributed by atoms with van der Waals surface area (Å²) in [6.07, 6.45) is 0. The van der Waals surface area contributed by atoms with Gasteiger partial charge in [0.25, 0.3) is 0 Å². The predicted octanol–water partition coefficient (Wildman–Crippen LogP) is 4.11. The lowest BCUT2D eigenvalue weighted by Crippen LogP contribution is -2.03. The predicted molar refractivity (Wildman–Crippen MR) is 78.7 cm³/mol. The van der Waals surface area contributed by atoms with Gasteiger partial charge >= 0.3 is 0 Å². The molecule has 0 bridgehead atoms. The number of benzene rings is 1. The normalized spacial score (nSPS) is 10.3. The Morgan fingerprint density at radius 1 is 1.18 bits per heavy atom. The maximum atomic E-state index is 5.73. The first kappa shape index (κ1) is 14.7. The van der Waals surface area contributed by atoms with Crippen LogP contribution in [-0.4, -0.2) is 24.7 Å². The summed E-state index contributed by atoms with van der Waals surface area (Å²) in [4.78, 5) is 0. The summed E-state index contributed by atoms with van der Waals surface area (Å²) < 4.78 is 11.3. The first-order chi connectivity index (χ1) is 8.31. The van der Waals surface area contributed by atoms with E-state index in [9.17, 15) is 0 Å². The van der Waals surface area contributed by atoms with Gasteiger partial charge in [-0.25, -0.2) is 0 Å². The molecule has 0 aliphatic heterocycles. The zero-order valence-corrected chi connectivity index (χ0v) is 12.8. The van der Waals surface area contributed by atoms with Gasteiger partial charge in [-0.05, 0) is 30.4 Å². The Hall–Kier alpha value is -0.350. The Balaban J connectivity index is 2.62. The first-order valence-corrected chi connectivity index (χ1v) is 8.11. The summed E-state index contributed by atoms with van der Waals surface area (Å²) in [5.41, 5.74) is 1.20. The minimum Gasteiger partial charge on any atom is -0.490 e. The van der Waals surface area contributed by atoms with Gasteiger partial charge in [0.15, 0.2) is 11.5 Å². The second-order valence-corrected chi connectivity index (χ2v) is 5.35. The molecule has 96 valence electrons. The fourth-order valence-electron chi connectivity index (χ4n) is 1.38. The van der Waals surface area contributed by atoms with Crippen LogP contribution in [0.15, 0.2) is 18.2 Å². The van der Waals surface area contributed by atoms with E-state index in [0.717, 1.165) is 34.9 Å². The lowest BCUT2D eigenvalue weighted by molar-refractivity contribution is 0.289. The molecule has 0 radical (unpaired) electrons. The van der Waals surface area contributed by atoms with Crippen molar-refractivity contribution in [3.63, 3.8) is 0 Å². The quantitative estimate of drug-likeness (QED) is 0.531. The zero-order valence-electron chi connectivity index (χ0n) is 10.4. The first-order valence-electron chi connectivity index (χ1n) is 5.84. The molecule has 0 aromatic heterocycles. The molecule has 17 heavy (non-hydrogen) atoms. The van der Waals surface area contributed by atoms with Crippen LogP contribution in [0.25, 0.3) is 0 Å². The second-order valence-electron chi connectivity index (χ2n) is 3.39. The Labute approximate surface area is 116 Å². The SMILES string of the molecule is CCOc1cc(CBr)ccc1OCCSCC. The van der Waals surface area contributed by atoms with Crippen LogP contribution >= 0.6 is 27.7 Å². The Bertz CT molecular complexity index is 331. The molecule has 0 heterocycles. The van der Waals surface area contributed by atoms with Crippen LogP contribution < -0.4 is 9.47 Å². The molecule has 4 heteroatoms. The van der Waals surface area contributed by atoms with Crippen LogP contribution in [-0.2, 0) is 5.33 Å². The lowest BCUT2D eigenvalue weighted by Gasteiger charge is -2.12. The highest BCUT2D eigenvalue weighted by molar-refractivity contribution is 9.08. The van der Waals surface area contributed by atoms with Gasteiger partial charge in [0.1, 0.15) is 0 Å². The third kappa shape index (κ3) is 5.21. The van der Waals surface area contributed by atoms with Crippen LogP contribution in [0.3, 0.4) is 0 Å². The van der Waals surface area contributed by atoms with E-state index in [4.69, 9.17) is 9.47 Å². The van der Waals surface area contributed by atoms with Gasteiger partial charge in [-0.3, -0.25) is 0 Å². The summed E-state index contributed by atoms with van der Waals surface area (Å²) in [6.45, 7) is 5.52. The number of rotatable bonds is 8. The molecule has 0 atom stereocenters. The van der Waals surface area contributed by atoms with Crippen LogP contribution in [0.5, 0.6) is 11.5 Å². The van der Waals surface area contributed by atoms with Crippen molar-refractivity contribution in [2.24, 2.45) is 0 Å². The summed E-state index contributed by atoms with van der Waals surface area (Å²) >= 11 is 5.32. The van der Waals surface area contributed by atoms with Crippen molar-refractivity contribution in [3.05, 3.63) is 23.8 Å². The highest BCUT2D eigenvalue weighted by Gasteiger charge is 2.05. The van der Waals surface area contributed by atoms with Gasteiger partial charge in [0.2, 0.25) is 0 Å². The molecule has 0 amide bonds. The van der Waals surface area contributed by atoms with Crippen LogP contribution in [0.1, 0.15) is 19.4 Å². The van der Waals surface area contributed by atoms with Gasteiger partial charge in [-0.1, -0.05) is 28.9 Å². The van der Waals surface area contributed by atoms with E-state index in [1.54, 1.807) is 0 Å². The van der Waals surface area contributed by atoms with Crippen molar-refractivity contribution in [3.8, 4) is 11.5 Å². The zero-order chi connectivity index (χ0) is 12.5. The van der Waals surface area contributed by atoms with E-state index in [2.05, 4.69) is 28.9 Å². The average Bonchev–Trinajstić information content (AvgIpc) is 2.36. The highest BCUT2D eigenvalue weighted by Crippen LogP contribution is 2.29. The fraction of sp³-hybridized carbons (Fsp3) is 0.538. The molecule has 0 spiro atoms. The summed E-state index contributed by atoms with van der Waals surface area (Å²) in [6, 6.07) is 6.07. The monoisotopic (exact) mass is 318 g/mol. The summed E-state index contributed by atoms with van der Waals surface area (Å²) in [5.74, 6) is 3.83. The molecule has 0 saturated carbocycles. The largest absolute Gasteiger partial charge is 0.490 e. The molecule has 1 rings (SSSR count). The van der Waals surface area contributed by atoms with Crippen LogP contribution in [0.4, 0.5) is 0 Å². The van der Waals surface area contributed by atoms with E-state index in [1.807, 2.05) is 30.8 Å². The molecule has 0 aliphatic rings. The Morgan fingerprint density at radius 2 is 2.00 bits per heavy atom. The smallest absolute Gasteiger partial charge is 0.161 e. The number of thioether (sulfide) groups is 1. The average molecular weight is 319 g/mol. The Kier molecular flexibility index (Phi) is 7.53. The molecule has 2 nitrogen and oxygen atoms in total. The topological polar surface area (TPSA) is 18.5 Å². The molecule has 0 saturated heterocycles. The summed E-state index contributed by atoms with van der Waals surface area (Å²) in [7, 11) is 0. The molecule has 1 aromatic carbocycles. The van der Waals surface area contributed by atoms with Crippen LogP contribution in [0.2, 0.25) is 0 Å². The molecular formula is C13H19BrO2S. The lowest BCUT2D eigenvalue weighted by atomic mass is 10.2. The number of hydrogen-bond acceptors (Lipinski definition) is 3. The molecule has 1 aromatic rings. The standard InChI is InChI=1S/C13H19BrO2S/c1-3-15-13-9-11(10-14)5-6-12(13)16-7-8-17-4-2/h5-6,9H,3-4,7-8,10H2,1-2H3. The van der Waals surface area contributed by atoms with Crippen molar-refractivity contribution in [2.75, 3.05) is 24.7 Å². The second kappa shape index (κ2) is 8.70. The molecule has 0 fully saturated rings. The van der Waals surface area contributed by atoms with Crippen molar-refractivity contribution < 1.29 is 9.47 Å². The van der Waals surface area contributed by atoms with E-state index in [1.165, 1.54) is 5.56 Å². The van der Waals surface area contributed by atoms with Crippen molar-refractivity contribution in [1.29, 1.82) is 0 Å². The minimum absolute atomic E-state index is 0.659. The van der Waals surface area contributed by atoms with Crippen LogP contribution in [0, 0.1) is 0 Å². The maximum absolute atomic E-state index is 5.73. The molecular weight excluding hydrogens is 300 g/mol. The number of ether oxygens (including phenoxy) is 2. The van der Waals surface area contributed by atoms with Crippen molar-refractivity contribution in [1.82, 2.24) is 0 Å². The van der Waals surface area contributed by atoms with Gasteiger partial charge < -0.3 is 9.47 Å². The van der Waals surface area contributed by atoms with E-state index in [-0.39, 0.29) is 0 Å². The van der Waals surface area contributed by atoms with Crippen molar-refractivity contribution >= 4 is 27.7 Å². The van der Waals surface area contributed by atoms with Gasteiger partial charge in [0, 0.05) is 11.1 Å². The van der Waals surface area contributed by atoms with Gasteiger partial charge in [0.05, 0.1) is 13.2 Å². The number of alkyl halides is 1. The van der Waals surface area contributed by atoms with Gasteiger partial charge in [-0.2, -0.15) is 11.8 Å².